The van der Waals surface area contributed by atoms with E-state index in [1.165, 1.54) is 35.9 Å². The van der Waals surface area contributed by atoms with Gasteiger partial charge in [-0.1, -0.05) is 25.4 Å². The summed E-state index contributed by atoms with van der Waals surface area (Å²) in [6.45, 7) is 6.07. The molecule has 0 radical (unpaired) electrons. The molecule has 0 aliphatic heterocycles. The van der Waals surface area contributed by atoms with Crippen molar-refractivity contribution in [1.29, 1.82) is 0 Å². The Balaban J connectivity index is 1.97. The molecule has 2 heterocycles. The fraction of sp³-hybridized carbons (Fsp3) is 0.278. The van der Waals surface area contributed by atoms with Gasteiger partial charge in [0.15, 0.2) is 0 Å². The van der Waals surface area contributed by atoms with Crippen LogP contribution in [0.25, 0.3) is 10.2 Å². The van der Waals surface area contributed by atoms with Crippen LogP contribution >= 0.6 is 22.9 Å². The average molecular weight is 421 g/mol. The van der Waals surface area contributed by atoms with Crippen LogP contribution in [-0.4, -0.2) is 27.5 Å². The van der Waals surface area contributed by atoms with Crippen molar-refractivity contribution in [1.82, 2.24) is 9.97 Å². The standard InChI is InChI=1S/C18H17ClN4O4S/c1-9(2)7-27-18(24)15-10(3)14-16(20-8-21-17(14)28-15)22-13-5-4-11(23(25)26)6-12(13)19/h4-6,8-9H,7H2,1-3H3,(H,20,21,22). The number of anilines is 2. The summed E-state index contributed by atoms with van der Waals surface area (Å²) in [6.07, 6.45) is 1.38. The van der Waals surface area contributed by atoms with Crippen molar-refractivity contribution in [2.45, 2.75) is 20.8 Å². The third kappa shape index (κ3) is 4.05. The number of carbonyl (C=O) groups is 1. The molecule has 0 spiro atoms. The first-order valence-corrected chi connectivity index (χ1v) is 9.59. The molecule has 0 unspecified atom stereocenters. The molecule has 2 aromatic heterocycles. The summed E-state index contributed by atoms with van der Waals surface area (Å²) < 4.78 is 5.33. The van der Waals surface area contributed by atoms with Gasteiger partial charge in [0, 0.05) is 12.1 Å². The Bertz CT molecular complexity index is 1070. The van der Waals surface area contributed by atoms with Crippen LogP contribution in [0.5, 0.6) is 0 Å². The number of hydrogen-bond acceptors (Lipinski definition) is 8. The maximum Gasteiger partial charge on any atom is 0.348 e. The van der Waals surface area contributed by atoms with Crippen LogP contribution in [-0.2, 0) is 4.74 Å². The molecule has 3 rings (SSSR count). The molecule has 146 valence electrons. The second-order valence-electron chi connectivity index (χ2n) is 6.50. The Labute approximate surface area is 169 Å². The number of benzene rings is 1. The van der Waals surface area contributed by atoms with Crippen molar-refractivity contribution in [2.24, 2.45) is 5.92 Å². The quantitative estimate of drug-likeness (QED) is 0.335. The van der Waals surface area contributed by atoms with Crippen molar-refractivity contribution < 1.29 is 14.5 Å². The first-order valence-electron chi connectivity index (χ1n) is 8.40. The van der Waals surface area contributed by atoms with Crippen LogP contribution in [0.1, 0.15) is 29.1 Å². The van der Waals surface area contributed by atoms with Crippen LogP contribution in [0, 0.1) is 23.0 Å². The van der Waals surface area contributed by atoms with Gasteiger partial charge < -0.3 is 10.1 Å². The molecule has 8 nitrogen and oxygen atoms in total. The SMILES string of the molecule is Cc1c(C(=O)OCC(C)C)sc2ncnc(Nc3ccc([N+](=O)[O-])cc3Cl)c12. The molecule has 10 heteroatoms. The van der Waals surface area contributed by atoms with Gasteiger partial charge in [-0.05, 0) is 24.5 Å². The summed E-state index contributed by atoms with van der Waals surface area (Å²) in [6, 6.07) is 4.12. The number of nitro benzene ring substituents is 1. The van der Waals surface area contributed by atoms with Crippen molar-refractivity contribution >= 4 is 56.3 Å². The number of fused-ring (bicyclic) bond motifs is 1. The number of ether oxygens (including phenoxy) is 1. The molecule has 1 aromatic carbocycles. The van der Waals surface area contributed by atoms with Crippen LogP contribution in [0.3, 0.4) is 0 Å². The Morgan fingerprint density at radius 1 is 1.39 bits per heavy atom. The molecule has 0 saturated heterocycles. The first-order chi connectivity index (χ1) is 13.3. The van der Waals surface area contributed by atoms with Gasteiger partial charge in [-0.2, -0.15) is 0 Å². The number of aromatic nitrogens is 2. The summed E-state index contributed by atoms with van der Waals surface area (Å²) in [5, 5.41) is 14.8. The molecule has 28 heavy (non-hydrogen) atoms. The zero-order chi connectivity index (χ0) is 20.4. The highest BCUT2D eigenvalue weighted by atomic mass is 35.5. The second kappa shape index (κ2) is 8.07. The highest BCUT2D eigenvalue weighted by Crippen LogP contribution is 2.36. The highest BCUT2D eigenvalue weighted by Gasteiger charge is 2.21. The van der Waals surface area contributed by atoms with Crippen LogP contribution < -0.4 is 5.32 Å². The van der Waals surface area contributed by atoms with E-state index in [9.17, 15) is 14.9 Å². The van der Waals surface area contributed by atoms with Gasteiger partial charge in [-0.25, -0.2) is 14.8 Å². The van der Waals surface area contributed by atoms with Crippen LogP contribution in [0.15, 0.2) is 24.5 Å². The fourth-order valence-electron chi connectivity index (χ4n) is 2.52. The lowest BCUT2D eigenvalue weighted by atomic mass is 10.2. The number of halogens is 1. The Hall–Kier alpha value is -2.78. The first kappa shape index (κ1) is 20.0. The Kier molecular flexibility index (Phi) is 5.76. The largest absolute Gasteiger partial charge is 0.461 e. The third-order valence-electron chi connectivity index (χ3n) is 3.88. The predicted octanol–water partition coefficient (Wildman–Crippen LogP) is 5.12. The van der Waals surface area contributed by atoms with E-state index < -0.39 is 10.9 Å². The topological polar surface area (TPSA) is 107 Å². The average Bonchev–Trinajstić information content (AvgIpc) is 2.99. The van der Waals surface area contributed by atoms with Gasteiger partial charge in [-0.15, -0.1) is 11.3 Å². The predicted molar refractivity (Wildman–Crippen MR) is 109 cm³/mol. The summed E-state index contributed by atoms with van der Waals surface area (Å²) in [5.41, 5.74) is 1.06. The molecule has 0 saturated carbocycles. The van der Waals surface area contributed by atoms with E-state index >= 15 is 0 Å². The number of rotatable bonds is 6. The number of esters is 1. The minimum absolute atomic E-state index is 0.106. The molecular weight excluding hydrogens is 404 g/mol. The summed E-state index contributed by atoms with van der Waals surface area (Å²) in [5.74, 6) is 0.297. The third-order valence-corrected chi connectivity index (χ3v) is 5.37. The molecule has 0 aliphatic rings. The zero-order valence-corrected chi connectivity index (χ0v) is 16.9. The lowest BCUT2D eigenvalue weighted by molar-refractivity contribution is -0.384. The second-order valence-corrected chi connectivity index (χ2v) is 7.90. The smallest absolute Gasteiger partial charge is 0.348 e. The monoisotopic (exact) mass is 420 g/mol. The molecule has 1 N–H and O–H groups in total. The van der Waals surface area contributed by atoms with Gasteiger partial charge in [0.1, 0.15) is 21.9 Å². The number of carbonyl (C=O) groups excluding carboxylic acids is 1. The zero-order valence-electron chi connectivity index (χ0n) is 15.4. The van der Waals surface area contributed by atoms with E-state index in [0.29, 0.717) is 38.8 Å². The van der Waals surface area contributed by atoms with Gasteiger partial charge >= 0.3 is 5.97 Å². The van der Waals surface area contributed by atoms with Crippen molar-refractivity contribution in [2.75, 3.05) is 11.9 Å². The van der Waals surface area contributed by atoms with Gasteiger partial charge in [-0.3, -0.25) is 10.1 Å². The molecule has 0 bridgehead atoms. The molecule has 0 atom stereocenters. The van der Waals surface area contributed by atoms with E-state index in [4.69, 9.17) is 16.3 Å². The van der Waals surface area contributed by atoms with Crippen molar-refractivity contribution in [3.05, 3.63) is 50.1 Å². The number of aryl methyl sites for hydroxylation is 1. The minimum atomic E-state index is -0.517. The molecular formula is C18H17ClN4O4S. The van der Waals surface area contributed by atoms with Crippen LogP contribution in [0.2, 0.25) is 5.02 Å². The highest BCUT2D eigenvalue weighted by molar-refractivity contribution is 7.20. The lowest BCUT2D eigenvalue weighted by Crippen LogP contribution is -2.09. The van der Waals surface area contributed by atoms with Crippen molar-refractivity contribution in [3.8, 4) is 0 Å². The molecule has 0 fully saturated rings. The van der Waals surface area contributed by atoms with E-state index in [-0.39, 0.29) is 16.6 Å². The van der Waals surface area contributed by atoms with Gasteiger partial charge in [0.05, 0.1) is 27.6 Å². The Morgan fingerprint density at radius 2 is 2.14 bits per heavy atom. The molecule has 0 amide bonds. The van der Waals surface area contributed by atoms with E-state index in [2.05, 4.69) is 15.3 Å². The number of nitro groups is 1. The number of hydrogen-bond donors (Lipinski definition) is 1. The molecule has 0 aliphatic carbocycles. The van der Waals surface area contributed by atoms with Gasteiger partial charge in [0.25, 0.3) is 5.69 Å². The lowest BCUT2D eigenvalue weighted by Gasteiger charge is -2.09. The molecule has 3 aromatic rings. The number of nitrogens with zero attached hydrogens (tertiary/aromatic N) is 3. The maximum absolute atomic E-state index is 12.4. The summed E-state index contributed by atoms with van der Waals surface area (Å²) >= 11 is 7.39. The fourth-order valence-corrected chi connectivity index (χ4v) is 3.78. The van der Waals surface area contributed by atoms with E-state index in [1.54, 1.807) is 6.92 Å². The summed E-state index contributed by atoms with van der Waals surface area (Å²) in [4.78, 5) is 32.3. The number of non-ortho nitro benzene ring substituents is 1. The summed E-state index contributed by atoms with van der Waals surface area (Å²) in [7, 11) is 0. The van der Waals surface area contributed by atoms with Crippen LogP contribution in [0.4, 0.5) is 17.2 Å². The Morgan fingerprint density at radius 3 is 2.79 bits per heavy atom. The number of nitrogens with one attached hydrogen (secondary N) is 1. The van der Waals surface area contributed by atoms with Crippen molar-refractivity contribution in [3.63, 3.8) is 0 Å². The van der Waals surface area contributed by atoms with E-state index in [0.717, 1.165) is 0 Å². The van der Waals surface area contributed by atoms with Gasteiger partial charge in [0.2, 0.25) is 0 Å². The minimum Gasteiger partial charge on any atom is -0.461 e. The number of thiophene rings is 1. The normalized spacial score (nSPS) is 11.0. The maximum atomic E-state index is 12.4. The van der Waals surface area contributed by atoms with E-state index in [1.807, 2.05) is 13.8 Å².